The van der Waals surface area contributed by atoms with E-state index in [4.69, 9.17) is 23.2 Å². The van der Waals surface area contributed by atoms with Crippen LogP contribution in [0.25, 0.3) is 21.9 Å². The van der Waals surface area contributed by atoms with Crippen LogP contribution in [0.2, 0.25) is 10.0 Å². The van der Waals surface area contributed by atoms with Gasteiger partial charge in [0.2, 0.25) is 0 Å². The number of nitrogens with one attached hydrogen (secondary N) is 1. The molecule has 5 nitrogen and oxygen atoms in total. The van der Waals surface area contributed by atoms with Gasteiger partial charge in [0.05, 0.1) is 16.4 Å². The Bertz CT molecular complexity index is 1460. The monoisotopic (exact) mass is 434 g/mol. The standard InChI is InChI=1S/C23H16Cl2N4O/c24-18-8-6-14(10-19(18)25)11-20-28-22-21(23(30)27-13-26-22)29(20)12-15-5-7-16-3-1-2-4-17(16)9-15/h1-10,13H,11-12H2,(H,26,27,30). The third-order valence-electron chi connectivity index (χ3n) is 5.13. The first-order chi connectivity index (χ1) is 14.6. The van der Waals surface area contributed by atoms with E-state index in [0.29, 0.717) is 34.2 Å². The summed E-state index contributed by atoms with van der Waals surface area (Å²) in [7, 11) is 0. The lowest BCUT2D eigenvalue weighted by molar-refractivity contribution is 0.760. The fourth-order valence-corrected chi connectivity index (χ4v) is 4.00. The van der Waals surface area contributed by atoms with Crippen molar-refractivity contribution in [3.05, 3.63) is 104 Å². The Morgan fingerprint density at radius 2 is 1.70 bits per heavy atom. The highest BCUT2D eigenvalue weighted by Gasteiger charge is 2.16. The molecule has 0 saturated heterocycles. The highest BCUT2D eigenvalue weighted by Crippen LogP contribution is 2.25. The first kappa shape index (κ1) is 18.9. The van der Waals surface area contributed by atoms with Crippen molar-refractivity contribution in [2.75, 3.05) is 0 Å². The SMILES string of the molecule is O=c1[nH]cnc2nc(Cc3ccc(Cl)c(Cl)c3)n(Cc3ccc4ccccc4c3)c12. The van der Waals surface area contributed by atoms with Gasteiger partial charge in [-0.05, 0) is 40.1 Å². The largest absolute Gasteiger partial charge is 0.317 e. The zero-order valence-electron chi connectivity index (χ0n) is 15.8. The topological polar surface area (TPSA) is 63.6 Å². The maximum Gasteiger partial charge on any atom is 0.276 e. The molecule has 3 aromatic carbocycles. The van der Waals surface area contributed by atoms with E-state index in [1.165, 1.54) is 11.7 Å². The van der Waals surface area contributed by atoms with Crippen LogP contribution in [0.5, 0.6) is 0 Å². The van der Waals surface area contributed by atoms with Gasteiger partial charge < -0.3 is 9.55 Å². The molecule has 5 rings (SSSR count). The Morgan fingerprint density at radius 3 is 2.53 bits per heavy atom. The number of benzene rings is 3. The minimum atomic E-state index is -0.214. The van der Waals surface area contributed by atoms with Crippen molar-refractivity contribution in [3.8, 4) is 0 Å². The summed E-state index contributed by atoms with van der Waals surface area (Å²) in [6.45, 7) is 0.507. The second-order valence-electron chi connectivity index (χ2n) is 7.12. The molecule has 2 heterocycles. The molecule has 0 amide bonds. The van der Waals surface area contributed by atoms with Gasteiger partial charge in [-0.2, -0.15) is 0 Å². The van der Waals surface area contributed by atoms with Crippen molar-refractivity contribution < 1.29 is 0 Å². The smallest absolute Gasteiger partial charge is 0.276 e. The van der Waals surface area contributed by atoms with Crippen LogP contribution < -0.4 is 5.56 Å². The Kier molecular flexibility index (Phi) is 4.77. The summed E-state index contributed by atoms with van der Waals surface area (Å²) >= 11 is 12.2. The van der Waals surface area contributed by atoms with E-state index in [0.717, 1.165) is 22.3 Å². The average molecular weight is 435 g/mol. The summed E-state index contributed by atoms with van der Waals surface area (Å²) < 4.78 is 1.92. The molecule has 2 aromatic heterocycles. The van der Waals surface area contributed by atoms with Crippen molar-refractivity contribution in [3.63, 3.8) is 0 Å². The molecule has 0 unspecified atom stereocenters. The van der Waals surface area contributed by atoms with E-state index in [1.807, 2.05) is 28.8 Å². The minimum Gasteiger partial charge on any atom is -0.317 e. The van der Waals surface area contributed by atoms with E-state index in [1.54, 1.807) is 6.07 Å². The van der Waals surface area contributed by atoms with Crippen LogP contribution in [0, 0.1) is 0 Å². The average Bonchev–Trinajstić information content (AvgIpc) is 3.09. The van der Waals surface area contributed by atoms with E-state index in [-0.39, 0.29) is 5.56 Å². The van der Waals surface area contributed by atoms with Crippen molar-refractivity contribution >= 4 is 45.1 Å². The molecule has 148 valence electrons. The minimum absolute atomic E-state index is 0.214. The number of aromatic nitrogens is 4. The number of hydrogen-bond acceptors (Lipinski definition) is 3. The van der Waals surface area contributed by atoms with E-state index in [2.05, 4.69) is 45.3 Å². The molecule has 0 radical (unpaired) electrons. The second kappa shape index (κ2) is 7.59. The maximum absolute atomic E-state index is 12.6. The molecule has 7 heteroatoms. The summed E-state index contributed by atoms with van der Waals surface area (Å²) in [5.74, 6) is 0.737. The molecule has 0 aliphatic carbocycles. The van der Waals surface area contributed by atoms with Gasteiger partial charge in [0.15, 0.2) is 11.2 Å². The van der Waals surface area contributed by atoms with Crippen LogP contribution in [-0.4, -0.2) is 19.5 Å². The fraction of sp³-hybridized carbons (Fsp3) is 0.0870. The number of halogens is 2. The van der Waals surface area contributed by atoms with Crippen LogP contribution in [-0.2, 0) is 13.0 Å². The Labute approximate surface area is 181 Å². The summed E-state index contributed by atoms with van der Waals surface area (Å²) in [4.78, 5) is 24.1. The lowest BCUT2D eigenvalue weighted by Crippen LogP contribution is -2.14. The fourth-order valence-electron chi connectivity index (χ4n) is 3.68. The number of nitrogens with zero attached hydrogens (tertiary/aromatic N) is 3. The molecule has 30 heavy (non-hydrogen) atoms. The number of aromatic amines is 1. The summed E-state index contributed by atoms with van der Waals surface area (Å²) in [5.41, 5.74) is 2.70. The first-order valence-electron chi connectivity index (χ1n) is 9.43. The molecule has 0 atom stereocenters. The molecule has 1 N–H and O–H groups in total. The van der Waals surface area contributed by atoms with Gasteiger partial charge in [-0.3, -0.25) is 4.79 Å². The van der Waals surface area contributed by atoms with Crippen LogP contribution in [0.1, 0.15) is 17.0 Å². The Balaban J connectivity index is 1.62. The lowest BCUT2D eigenvalue weighted by Gasteiger charge is -2.10. The number of rotatable bonds is 4. The molecule has 0 spiro atoms. The van der Waals surface area contributed by atoms with Gasteiger partial charge in [0.25, 0.3) is 5.56 Å². The number of H-pyrrole nitrogens is 1. The van der Waals surface area contributed by atoms with Crippen molar-refractivity contribution in [2.45, 2.75) is 13.0 Å². The lowest BCUT2D eigenvalue weighted by atomic mass is 10.1. The zero-order valence-corrected chi connectivity index (χ0v) is 17.3. The van der Waals surface area contributed by atoms with Gasteiger partial charge in [0.1, 0.15) is 5.82 Å². The van der Waals surface area contributed by atoms with Crippen LogP contribution in [0.3, 0.4) is 0 Å². The van der Waals surface area contributed by atoms with Crippen LogP contribution in [0.15, 0.2) is 71.8 Å². The maximum atomic E-state index is 12.6. The number of imidazole rings is 1. The van der Waals surface area contributed by atoms with Gasteiger partial charge in [-0.1, -0.05) is 65.7 Å². The predicted molar refractivity (Wildman–Crippen MR) is 120 cm³/mol. The molecule has 0 saturated carbocycles. The van der Waals surface area contributed by atoms with E-state index >= 15 is 0 Å². The molecule has 0 fully saturated rings. The molecule has 0 bridgehead atoms. The van der Waals surface area contributed by atoms with Gasteiger partial charge in [-0.15, -0.1) is 0 Å². The predicted octanol–water partition coefficient (Wildman–Crippen LogP) is 5.22. The van der Waals surface area contributed by atoms with E-state index < -0.39 is 0 Å². The third-order valence-corrected chi connectivity index (χ3v) is 5.87. The third kappa shape index (κ3) is 3.47. The summed E-state index contributed by atoms with van der Waals surface area (Å²) in [6.07, 6.45) is 1.88. The number of hydrogen-bond donors (Lipinski definition) is 1. The van der Waals surface area contributed by atoms with Crippen LogP contribution in [0.4, 0.5) is 0 Å². The first-order valence-corrected chi connectivity index (χ1v) is 10.2. The molecular formula is C23H16Cl2N4O. The Hall–Kier alpha value is -3.15. The highest BCUT2D eigenvalue weighted by molar-refractivity contribution is 6.42. The van der Waals surface area contributed by atoms with Crippen molar-refractivity contribution in [1.82, 2.24) is 19.5 Å². The second-order valence-corrected chi connectivity index (χ2v) is 7.94. The molecule has 5 aromatic rings. The molecular weight excluding hydrogens is 419 g/mol. The summed E-state index contributed by atoms with van der Waals surface area (Å²) in [5, 5.41) is 3.32. The van der Waals surface area contributed by atoms with Gasteiger partial charge >= 0.3 is 0 Å². The van der Waals surface area contributed by atoms with Gasteiger partial charge in [-0.25, -0.2) is 9.97 Å². The van der Waals surface area contributed by atoms with Crippen molar-refractivity contribution in [2.24, 2.45) is 0 Å². The highest BCUT2D eigenvalue weighted by atomic mass is 35.5. The van der Waals surface area contributed by atoms with Crippen LogP contribution >= 0.6 is 23.2 Å². The Morgan fingerprint density at radius 1 is 0.900 bits per heavy atom. The zero-order chi connectivity index (χ0) is 20.7. The normalized spacial score (nSPS) is 11.4. The number of fused-ring (bicyclic) bond motifs is 2. The molecule has 0 aliphatic heterocycles. The molecule has 0 aliphatic rings. The quantitative estimate of drug-likeness (QED) is 0.421. The summed E-state index contributed by atoms with van der Waals surface area (Å²) in [6, 6.07) is 20.0. The van der Waals surface area contributed by atoms with Gasteiger partial charge in [0, 0.05) is 13.0 Å². The van der Waals surface area contributed by atoms with Crippen molar-refractivity contribution in [1.29, 1.82) is 0 Å². The van der Waals surface area contributed by atoms with E-state index in [9.17, 15) is 4.79 Å².